The zero-order valence-electron chi connectivity index (χ0n) is 27.9. The number of carbonyl (C=O) groups excluding carboxylic acids is 4. The number of pyridine rings is 1. The Morgan fingerprint density at radius 2 is 1.76 bits per heavy atom. The molecule has 2 heterocycles. The number of piperidine rings is 1. The van der Waals surface area contributed by atoms with E-state index >= 15 is 0 Å². The van der Waals surface area contributed by atoms with Crippen molar-refractivity contribution in [2.75, 3.05) is 30.3 Å². The first-order chi connectivity index (χ1) is 24.2. The lowest BCUT2D eigenvalue weighted by Gasteiger charge is -2.25. The molecule has 2 aliphatic rings. The van der Waals surface area contributed by atoms with Crippen LogP contribution in [0.2, 0.25) is 5.02 Å². The molecule has 0 atom stereocenters. The van der Waals surface area contributed by atoms with Gasteiger partial charge in [0, 0.05) is 56.8 Å². The predicted molar refractivity (Wildman–Crippen MR) is 193 cm³/mol. The molecule has 258 valence electrons. The number of phenols is 1. The summed E-state index contributed by atoms with van der Waals surface area (Å²) in [6.45, 7) is 3.72. The maximum absolute atomic E-state index is 13.1. The number of Topliss-reactive ketones (excluding diaryl/α,β-unsaturated/α-hetero) is 2. The fraction of sp³-hybridized carbons (Fsp3) is 0.308. The number of ether oxygens (including phenoxy) is 1. The Balaban J connectivity index is 1.09. The van der Waals surface area contributed by atoms with Crippen molar-refractivity contribution in [1.82, 2.24) is 9.88 Å². The molecule has 0 bridgehead atoms. The first-order valence-corrected chi connectivity index (χ1v) is 17.3. The maximum Gasteiger partial charge on any atom is 0.306 e. The Bertz CT molecular complexity index is 2000. The van der Waals surface area contributed by atoms with Gasteiger partial charge < -0.3 is 20.5 Å². The molecule has 3 N–H and O–H groups in total. The van der Waals surface area contributed by atoms with Gasteiger partial charge in [0.2, 0.25) is 5.91 Å². The number of aromatic nitrogens is 1. The summed E-state index contributed by atoms with van der Waals surface area (Å²) in [5, 5.41) is 18.1. The van der Waals surface area contributed by atoms with E-state index in [0.717, 1.165) is 42.5 Å². The molecule has 1 saturated heterocycles. The van der Waals surface area contributed by atoms with E-state index in [1.165, 1.54) is 12.5 Å². The number of phenolic OH excluding ortho intramolecular Hbond substituents is 1. The number of halogens is 1. The summed E-state index contributed by atoms with van der Waals surface area (Å²) in [4.78, 5) is 58.3. The number of likely N-dealkylation sites (tertiary alicyclic amines) is 1. The van der Waals surface area contributed by atoms with Crippen LogP contribution >= 0.6 is 11.6 Å². The van der Waals surface area contributed by atoms with Crippen molar-refractivity contribution >= 4 is 63.0 Å². The molecule has 1 aromatic heterocycles. The van der Waals surface area contributed by atoms with E-state index in [2.05, 4.69) is 20.5 Å². The number of fused-ring (bicyclic) bond motifs is 2. The molecule has 0 radical (unpaired) electrons. The highest BCUT2D eigenvalue weighted by Crippen LogP contribution is 2.34. The highest BCUT2D eigenvalue weighted by Gasteiger charge is 2.31. The standard InChI is InChI=1S/C39H39ClN4O6/c1-24-29(39(49)37-31(38(24)48)9-7-10-34(37)45)8-3-4-11-36(47)50-23-25-18-27(42-32-14-15-41-33-20-26(40)12-13-30(32)33)21-28(19-25)43-35(46)22-44-16-5-2-6-17-44/h7,9-10,12-15,18-21,45H,2-6,8,11,16-17,22-23H2,1H3,(H,41,42)(H,43,46). The van der Waals surface area contributed by atoms with Gasteiger partial charge in [-0.2, -0.15) is 0 Å². The lowest BCUT2D eigenvalue weighted by molar-refractivity contribution is -0.145. The summed E-state index contributed by atoms with van der Waals surface area (Å²) in [7, 11) is 0. The van der Waals surface area contributed by atoms with E-state index in [1.54, 1.807) is 43.5 Å². The van der Waals surface area contributed by atoms with E-state index in [0.29, 0.717) is 58.9 Å². The van der Waals surface area contributed by atoms with Crippen molar-refractivity contribution < 1.29 is 29.0 Å². The van der Waals surface area contributed by atoms with E-state index < -0.39 is 5.97 Å². The first-order valence-electron chi connectivity index (χ1n) is 16.9. The number of esters is 1. The Morgan fingerprint density at radius 1 is 0.960 bits per heavy atom. The minimum absolute atomic E-state index is 0.0106. The molecule has 1 fully saturated rings. The van der Waals surface area contributed by atoms with Gasteiger partial charge in [0.25, 0.3) is 0 Å². The van der Waals surface area contributed by atoms with Crippen LogP contribution in [0.5, 0.6) is 5.75 Å². The third-order valence-electron chi connectivity index (χ3n) is 9.12. The number of ketones is 2. The lowest BCUT2D eigenvalue weighted by atomic mass is 9.82. The quantitative estimate of drug-likeness (QED) is 0.100. The fourth-order valence-corrected chi connectivity index (χ4v) is 6.73. The van der Waals surface area contributed by atoms with Gasteiger partial charge in [-0.05, 0) is 106 Å². The van der Waals surface area contributed by atoms with Gasteiger partial charge in [0.15, 0.2) is 11.6 Å². The summed E-state index contributed by atoms with van der Waals surface area (Å²) in [5.41, 5.74) is 4.46. The summed E-state index contributed by atoms with van der Waals surface area (Å²) < 4.78 is 5.63. The van der Waals surface area contributed by atoms with Crippen molar-refractivity contribution in [3.05, 3.63) is 99.7 Å². The Labute approximate surface area is 295 Å². The Hall–Kier alpha value is -5.06. The van der Waals surface area contributed by atoms with Gasteiger partial charge in [-0.3, -0.25) is 29.1 Å². The van der Waals surface area contributed by atoms with Crippen LogP contribution in [-0.2, 0) is 20.9 Å². The van der Waals surface area contributed by atoms with Crippen molar-refractivity contribution in [2.24, 2.45) is 0 Å². The van der Waals surface area contributed by atoms with E-state index in [9.17, 15) is 24.3 Å². The molecule has 0 unspecified atom stereocenters. The second kappa shape index (κ2) is 15.7. The molecule has 0 spiro atoms. The number of aromatic hydroxyl groups is 1. The van der Waals surface area contributed by atoms with Crippen molar-refractivity contribution in [3.8, 4) is 5.75 Å². The average molecular weight is 695 g/mol. The van der Waals surface area contributed by atoms with Crippen LogP contribution < -0.4 is 10.6 Å². The minimum Gasteiger partial charge on any atom is -0.507 e. The lowest BCUT2D eigenvalue weighted by Crippen LogP contribution is -2.36. The molecule has 1 aliphatic carbocycles. The number of hydrogen-bond acceptors (Lipinski definition) is 9. The SMILES string of the molecule is CC1=C(CCCCC(=O)OCc2cc(NC(=O)CN3CCCCC3)cc(Nc3ccnc4cc(Cl)ccc34)c2)C(=O)c2c(O)cccc2C1=O. The van der Waals surface area contributed by atoms with E-state index in [4.69, 9.17) is 16.3 Å². The van der Waals surface area contributed by atoms with Crippen LogP contribution in [0.25, 0.3) is 10.9 Å². The second-order valence-corrected chi connectivity index (χ2v) is 13.2. The monoisotopic (exact) mass is 694 g/mol. The zero-order chi connectivity index (χ0) is 35.2. The smallest absolute Gasteiger partial charge is 0.306 e. The number of hydrogen-bond donors (Lipinski definition) is 3. The molecule has 11 heteroatoms. The molecular weight excluding hydrogens is 656 g/mol. The van der Waals surface area contributed by atoms with Crippen LogP contribution in [0.1, 0.15) is 78.1 Å². The number of amides is 1. The van der Waals surface area contributed by atoms with Crippen LogP contribution in [0.4, 0.5) is 17.1 Å². The van der Waals surface area contributed by atoms with Gasteiger partial charge in [-0.25, -0.2) is 0 Å². The molecule has 50 heavy (non-hydrogen) atoms. The summed E-state index contributed by atoms with van der Waals surface area (Å²) in [6.07, 6.45) is 6.41. The third kappa shape index (κ3) is 8.21. The van der Waals surface area contributed by atoms with Gasteiger partial charge in [-0.1, -0.05) is 30.2 Å². The first kappa shape index (κ1) is 34.8. The van der Waals surface area contributed by atoms with Gasteiger partial charge in [0.1, 0.15) is 12.4 Å². The van der Waals surface area contributed by atoms with Crippen LogP contribution in [0.3, 0.4) is 0 Å². The largest absolute Gasteiger partial charge is 0.507 e. The molecule has 10 nitrogen and oxygen atoms in total. The number of anilines is 3. The average Bonchev–Trinajstić information content (AvgIpc) is 3.09. The van der Waals surface area contributed by atoms with Crippen molar-refractivity contribution in [3.63, 3.8) is 0 Å². The number of benzene rings is 3. The predicted octanol–water partition coefficient (Wildman–Crippen LogP) is 7.76. The molecule has 3 aromatic carbocycles. The summed E-state index contributed by atoms with van der Waals surface area (Å²) in [5.74, 6) is -1.36. The second-order valence-electron chi connectivity index (χ2n) is 12.8. The topological polar surface area (TPSA) is 138 Å². The normalized spacial score (nSPS) is 14.8. The number of allylic oxidation sites excluding steroid dienone is 2. The molecule has 0 saturated carbocycles. The molecular formula is C39H39ClN4O6. The number of rotatable bonds is 12. The van der Waals surface area contributed by atoms with Crippen molar-refractivity contribution in [1.29, 1.82) is 0 Å². The van der Waals surface area contributed by atoms with Crippen LogP contribution in [-0.4, -0.2) is 58.1 Å². The van der Waals surface area contributed by atoms with Gasteiger partial charge >= 0.3 is 5.97 Å². The number of nitrogens with zero attached hydrogens (tertiary/aromatic N) is 2. The minimum atomic E-state index is -0.407. The molecule has 1 aliphatic heterocycles. The van der Waals surface area contributed by atoms with Gasteiger partial charge in [-0.15, -0.1) is 0 Å². The molecule has 1 amide bonds. The van der Waals surface area contributed by atoms with Crippen LogP contribution in [0, 0.1) is 0 Å². The third-order valence-corrected chi connectivity index (χ3v) is 9.35. The highest BCUT2D eigenvalue weighted by atomic mass is 35.5. The van der Waals surface area contributed by atoms with Crippen molar-refractivity contribution in [2.45, 2.75) is 58.5 Å². The number of nitrogens with one attached hydrogen (secondary N) is 2. The maximum atomic E-state index is 13.1. The molecule has 4 aromatic rings. The van der Waals surface area contributed by atoms with Gasteiger partial charge in [0.05, 0.1) is 17.6 Å². The number of unbranched alkanes of at least 4 members (excludes halogenated alkanes) is 1. The fourth-order valence-electron chi connectivity index (χ4n) is 6.56. The van der Waals surface area contributed by atoms with E-state index in [-0.39, 0.29) is 47.4 Å². The summed E-state index contributed by atoms with van der Waals surface area (Å²) in [6, 6.07) is 17.3. The highest BCUT2D eigenvalue weighted by molar-refractivity contribution is 6.31. The van der Waals surface area contributed by atoms with E-state index in [1.807, 2.05) is 24.3 Å². The number of carbonyl (C=O) groups is 4. The zero-order valence-corrected chi connectivity index (χ0v) is 28.6. The Morgan fingerprint density at radius 3 is 2.58 bits per heavy atom. The van der Waals surface area contributed by atoms with Crippen LogP contribution in [0.15, 0.2) is 78.0 Å². The Kier molecular flexibility index (Phi) is 10.9. The summed E-state index contributed by atoms with van der Waals surface area (Å²) >= 11 is 6.18. The molecule has 6 rings (SSSR count).